The highest BCUT2D eigenvalue weighted by Gasteiger charge is 2.03. The number of likely N-dealkylation sites (N-methyl/N-ethyl adjacent to an activating group) is 1. The molecule has 0 aliphatic carbocycles. The summed E-state index contributed by atoms with van der Waals surface area (Å²) in [5.41, 5.74) is 1.37. The van der Waals surface area contributed by atoms with E-state index in [1.165, 1.54) is 5.56 Å². The normalized spacial score (nSPS) is 11.5. The molecule has 2 nitrogen and oxygen atoms in total. The molecule has 0 bridgehead atoms. The SMILES string of the molecule is CC(C)Oc1ccc(CCN(C)C(C)C)cc1. The summed E-state index contributed by atoms with van der Waals surface area (Å²) in [5.74, 6) is 0.959. The minimum atomic E-state index is 0.243. The third kappa shape index (κ3) is 5.22. The van der Waals surface area contributed by atoms with Crippen LogP contribution in [-0.2, 0) is 6.42 Å². The first-order valence-electron chi connectivity index (χ1n) is 6.45. The monoisotopic (exact) mass is 235 g/mol. The van der Waals surface area contributed by atoms with Gasteiger partial charge in [-0.2, -0.15) is 0 Å². The van der Waals surface area contributed by atoms with Gasteiger partial charge in [-0.1, -0.05) is 12.1 Å². The molecule has 2 heteroatoms. The fourth-order valence-electron chi connectivity index (χ4n) is 1.57. The molecule has 0 spiro atoms. The summed E-state index contributed by atoms with van der Waals surface area (Å²) < 4.78 is 5.62. The highest BCUT2D eigenvalue weighted by atomic mass is 16.5. The Balaban J connectivity index is 2.45. The van der Waals surface area contributed by atoms with E-state index in [1.54, 1.807) is 0 Å². The number of hydrogen-bond acceptors (Lipinski definition) is 2. The number of rotatable bonds is 6. The molecular formula is C15H25NO. The van der Waals surface area contributed by atoms with Gasteiger partial charge in [0.15, 0.2) is 0 Å². The lowest BCUT2D eigenvalue weighted by Crippen LogP contribution is -2.28. The molecule has 0 N–H and O–H groups in total. The first-order valence-corrected chi connectivity index (χ1v) is 6.45. The minimum absolute atomic E-state index is 0.243. The van der Waals surface area contributed by atoms with Gasteiger partial charge in [0.05, 0.1) is 6.10 Å². The van der Waals surface area contributed by atoms with Crippen LogP contribution in [0.3, 0.4) is 0 Å². The van der Waals surface area contributed by atoms with Gasteiger partial charge in [0.25, 0.3) is 0 Å². The molecule has 0 amide bonds. The minimum Gasteiger partial charge on any atom is -0.491 e. The van der Waals surface area contributed by atoms with Gasteiger partial charge >= 0.3 is 0 Å². The fourth-order valence-corrected chi connectivity index (χ4v) is 1.57. The maximum absolute atomic E-state index is 5.62. The van der Waals surface area contributed by atoms with E-state index in [0.29, 0.717) is 6.04 Å². The molecule has 17 heavy (non-hydrogen) atoms. The predicted octanol–water partition coefficient (Wildman–Crippen LogP) is 3.36. The Bertz CT molecular complexity index is 316. The summed E-state index contributed by atoms with van der Waals surface area (Å²) in [6.07, 6.45) is 1.34. The Kier molecular flexibility index (Phi) is 5.49. The first kappa shape index (κ1) is 14.0. The standard InChI is InChI=1S/C15H25NO/c1-12(2)16(5)11-10-14-6-8-15(9-7-14)17-13(3)4/h6-9,12-13H,10-11H2,1-5H3. The van der Waals surface area contributed by atoms with Crippen LogP contribution in [0, 0.1) is 0 Å². The zero-order valence-electron chi connectivity index (χ0n) is 11.7. The molecule has 0 aliphatic heterocycles. The van der Waals surface area contributed by atoms with E-state index in [4.69, 9.17) is 4.74 Å². The molecule has 1 aromatic rings. The molecule has 0 saturated heterocycles. The topological polar surface area (TPSA) is 12.5 Å². The van der Waals surface area contributed by atoms with Crippen LogP contribution < -0.4 is 4.74 Å². The highest BCUT2D eigenvalue weighted by molar-refractivity contribution is 5.27. The summed E-state index contributed by atoms with van der Waals surface area (Å²) in [5, 5.41) is 0. The van der Waals surface area contributed by atoms with Crippen LogP contribution in [0.5, 0.6) is 5.75 Å². The van der Waals surface area contributed by atoms with Crippen LogP contribution in [0.2, 0.25) is 0 Å². The average Bonchev–Trinajstić information content (AvgIpc) is 2.26. The summed E-state index contributed by atoms with van der Waals surface area (Å²) in [4.78, 5) is 2.36. The lowest BCUT2D eigenvalue weighted by Gasteiger charge is -2.20. The van der Waals surface area contributed by atoms with Gasteiger partial charge in [-0.25, -0.2) is 0 Å². The summed E-state index contributed by atoms with van der Waals surface area (Å²) >= 11 is 0. The quantitative estimate of drug-likeness (QED) is 0.749. The smallest absolute Gasteiger partial charge is 0.119 e. The molecule has 1 aromatic carbocycles. The van der Waals surface area contributed by atoms with Crippen LogP contribution in [-0.4, -0.2) is 30.6 Å². The van der Waals surface area contributed by atoms with E-state index in [2.05, 4.69) is 50.1 Å². The fraction of sp³-hybridized carbons (Fsp3) is 0.600. The highest BCUT2D eigenvalue weighted by Crippen LogP contribution is 2.14. The number of hydrogen-bond donors (Lipinski definition) is 0. The van der Waals surface area contributed by atoms with Crippen LogP contribution in [0.1, 0.15) is 33.3 Å². The molecule has 0 atom stereocenters. The predicted molar refractivity (Wildman–Crippen MR) is 73.7 cm³/mol. The van der Waals surface area contributed by atoms with Crippen LogP contribution in [0.25, 0.3) is 0 Å². The van der Waals surface area contributed by atoms with E-state index < -0.39 is 0 Å². The van der Waals surface area contributed by atoms with Gasteiger partial charge in [-0.05, 0) is 58.9 Å². The molecule has 0 heterocycles. The van der Waals surface area contributed by atoms with E-state index in [1.807, 2.05) is 13.8 Å². The van der Waals surface area contributed by atoms with Crippen LogP contribution in [0.15, 0.2) is 24.3 Å². The van der Waals surface area contributed by atoms with Crippen molar-refractivity contribution in [3.63, 3.8) is 0 Å². The number of ether oxygens (including phenoxy) is 1. The summed E-state index contributed by atoms with van der Waals surface area (Å²) in [6.45, 7) is 9.64. The largest absolute Gasteiger partial charge is 0.491 e. The second kappa shape index (κ2) is 6.65. The van der Waals surface area contributed by atoms with Gasteiger partial charge in [0, 0.05) is 12.6 Å². The van der Waals surface area contributed by atoms with E-state index in [-0.39, 0.29) is 6.10 Å². The van der Waals surface area contributed by atoms with Crippen molar-refractivity contribution in [3.05, 3.63) is 29.8 Å². The Morgan fingerprint density at radius 1 is 1.06 bits per heavy atom. The second-order valence-electron chi connectivity index (χ2n) is 5.13. The van der Waals surface area contributed by atoms with Gasteiger partial charge in [-0.15, -0.1) is 0 Å². The van der Waals surface area contributed by atoms with Crippen molar-refractivity contribution >= 4 is 0 Å². The van der Waals surface area contributed by atoms with Crippen molar-refractivity contribution in [2.45, 2.75) is 46.3 Å². The second-order valence-corrected chi connectivity index (χ2v) is 5.13. The van der Waals surface area contributed by atoms with E-state index >= 15 is 0 Å². The lowest BCUT2D eigenvalue weighted by atomic mass is 10.1. The first-order chi connectivity index (χ1) is 7.99. The van der Waals surface area contributed by atoms with E-state index in [9.17, 15) is 0 Å². The van der Waals surface area contributed by atoms with Gasteiger partial charge in [0.1, 0.15) is 5.75 Å². The lowest BCUT2D eigenvalue weighted by molar-refractivity contribution is 0.242. The van der Waals surface area contributed by atoms with E-state index in [0.717, 1.165) is 18.7 Å². The summed E-state index contributed by atoms with van der Waals surface area (Å²) in [7, 11) is 2.17. The maximum Gasteiger partial charge on any atom is 0.119 e. The molecule has 96 valence electrons. The van der Waals surface area contributed by atoms with Gasteiger partial charge in [-0.3, -0.25) is 0 Å². The number of benzene rings is 1. The van der Waals surface area contributed by atoms with Crippen molar-refractivity contribution in [1.82, 2.24) is 4.90 Å². The van der Waals surface area contributed by atoms with Gasteiger partial charge in [0.2, 0.25) is 0 Å². The van der Waals surface area contributed by atoms with Crippen LogP contribution in [0.4, 0.5) is 0 Å². The maximum atomic E-state index is 5.62. The molecule has 0 unspecified atom stereocenters. The van der Waals surface area contributed by atoms with Crippen molar-refractivity contribution in [2.24, 2.45) is 0 Å². The molecule has 0 aromatic heterocycles. The van der Waals surface area contributed by atoms with Crippen molar-refractivity contribution in [2.75, 3.05) is 13.6 Å². The Morgan fingerprint density at radius 3 is 2.12 bits per heavy atom. The Hall–Kier alpha value is -1.02. The van der Waals surface area contributed by atoms with Crippen LogP contribution >= 0.6 is 0 Å². The number of nitrogens with zero attached hydrogens (tertiary/aromatic N) is 1. The third-order valence-electron chi connectivity index (χ3n) is 2.93. The van der Waals surface area contributed by atoms with Crippen molar-refractivity contribution < 1.29 is 4.74 Å². The molecule has 0 fully saturated rings. The zero-order chi connectivity index (χ0) is 12.8. The van der Waals surface area contributed by atoms with Crippen molar-refractivity contribution in [1.29, 1.82) is 0 Å². The average molecular weight is 235 g/mol. The summed E-state index contributed by atoms with van der Waals surface area (Å²) in [6, 6.07) is 9.05. The Morgan fingerprint density at radius 2 is 1.65 bits per heavy atom. The Labute approximate surface area is 106 Å². The molecule has 1 rings (SSSR count). The molecular weight excluding hydrogens is 210 g/mol. The van der Waals surface area contributed by atoms with Crippen molar-refractivity contribution in [3.8, 4) is 5.75 Å². The molecule has 0 radical (unpaired) electrons. The third-order valence-corrected chi connectivity index (χ3v) is 2.93. The molecule has 0 aliphatic rings. The van der Waals surface area contributed by atoms with Gasteiger partial charge < -0.3 is 9.64 Å². The zero-order valence-corrected chi connectivity index (χ0v) is 11.7. The molecule has 0 saturated carbocycles.